The van der Waals surface area contributed by atoms with Gasteiger partial charge in [0.1, 0.15) is 5.82 Å². The number of guanidine groups is 2. The number of halogens is 2. The molecule has 0 spiro atoms. The summed E-state index contributed by atoms with van der Waals surface area (Å²) in [7, 11) is 0. The number of benzene rings is 2. The standard InChI is InChI=1S/C17H17ClFN5/c18-13-3-1-2-12(10-13)15-22-16(20)23-17(21)24(15)9-8-11-4-6-14(19)7-5-11/h1-7,10,15H,8-9H2,(H4,20,21,22,23)/t15-/m1/s1. The van der Waals surface area contributed by atoms with Gasteiger partial charge in [-0.15, -0.1) is 0 Å². The van der Waals surface area contributed by atoms with Gasteiger partial charge in [0.15, 0.2) is 6.17 Å². The molecule has 2 aromatic rings. The fourth-order valence-electron chi connectivity index (χ4n) is 2.59. The minimum Gasteiger partial charge on any atom is -0.369 e. The van der Waals surface area contributed by atoms with Crippen LogP contribution >= 0.6 is 11.6 Å². The summed E-state index contributed by atoms with van der Waals surface area (Å²) >= 11 is 6.08. The van der Waals surface area contributed by atoms with Crippen molar-refractivity contribution in [1.82, 2.24) is 4.90 Å². The topological polar surface area (TPSA) is 80.0 Å². The molecule has 1 atom stereocenters. The van der Waals surface area contributed by atoms with Crippen molar-refractivity contribution in [3.05, 3.63) is 70.5 Å². The first-order chi connectivity index (χ1) is 11.5. The zero-order valence-corrected chi connectivity index (χ0v) is 13.6. The zero-order valence-electron chi connectivity index (χ0n) is 12.9. The fourth-order valence-corrected chi connectivity index (χ4v) is 2.79. The molecule has 0 bridgehead atoms. The Bertz CT molecular complexity index is 788. The van der Waals surface area contributed by atoms with Gasteiger partial charge in [-0.25, -0.2) is 9.38 Å². The number of nitrogens with zero attached hydrogens (tertiary/aromatic N) is 3. The van der Waals surface area contributed by atoms with E-state index in [1.807, 2.05) is 23.1 Å². The van der Waals surface area contributed by atoms with E-state index in [0.29, 0.717) is 23.9 Å². The lowest BCUT2D eigenvalue weighted by atomic mass is 10.1. The van der Waals surface area contributed by atoms with E-state index < -0.39 is 0 Å². The second kappa shape index (κ2) is 6.88. The van der Waals surface area contributed by atoms with E-state index in [-0.39, 0.29) is 17.9 Å². The average molecular weight is 346 g/mol. The monoisotopic (exact) mass is 345 g/mol. The van der Waals surface area contributed by atoms with Gasteiger partial charge in [0.2, 0.25) is 11.9 Å². The molecule has 0 unspecified atom stereocenters. The molecule has 0 amide bonds. The first-order valence-corrected chi connectivity index (χ1v) is 7.85. The third-order valence-corrected chi connectivity index (χ3v) is 4.01. The van der Waals surface area contributed by atoms with Crippen LogP contribution in [0.4, 0.5) is 4.39 Å². The molecule has 24 heavy (non-hydrogen) atoms. The Morgan fingerprint density at radius 2 is 1.88 bits per heavy atom. The van der Waals surface area contributed by atoms with Crippen molar-refractivity contribution >= 4 is 23.5 Å². The first-order valence-electron chi connectivity index (χ1n) is 7.47. The molecular formula is C17H17ClFN5. The number of rotatable bonds is 4. The third-order valence-electron chi connectivity index (χ3n) is 3.77. The van der Waals surface area contributed by atoms with E-state index in [4.69, 9.17) is 23.1 Å². The lowest BCUT2D eigenvalue weighted by Crippen LogP contribution is -2.45. The average Bonchev–Trinajstić information content (AvgIpc) is 2.55. The van der Waals surface area contributed by atoms with E-state index in [1.165, 1.54) is 12.1 Å². The maximum absolute atomic E-state index is 13.0. The summed E-state index contributed by atoms with van der Waals surface area (Å²) in [5.74, 6) is 0.178. The molecule has 4 N–H and O–H groups in total. The molecule has 3 rings (SSSR count). The van der Waals surface area contributed by atoms with Crippen LogP contribution in [0.5, 0.6) is 0 Å². The Morgan fingerprint density at radius 3 is 2.58 bits per heavy atom. The fraction of sp³-hybridized carbons (Fsp3) is 0.176. The molecule has 0 fully saturated rings. The summed E-state index contributed by atoms with van der Waals surface area (Å²) in [4.78, 5) is 10.3. The van der Waals surface area contributed by atoms with Gasteiger partial charge in [-0.3, -0.25) is 0 Å². The normalized spacial score (nSPS) is 17.4. The highest BCUT2D eigenvalue weighted by atomic mass is 35.5. The Hall–Kier alpha value is -2.60. The van der Waals surface area contributed by atoms with Gasteiger partial charge in [0.25, 0.3) is 0 Å². The molecule has 0 aromatic heterocycles. The van der Waals surface area contributed by atoms with E-state index in [0.717, 1.165) is 11.1 Å². The molecule has 124 valence electrons. The molecule has 2 aromatic carbocycles. The predicted octanol–water partition coefficient (Wildman–Crippen LogP) is 2.67. The number of aliphatic imine (C=N–C) groups is 2. The molecule has 0 saturated carbocycles. The minimum atomic E-state index is -0.387. The smallest absolute Gasteiger partial charge is 0.220 e. The van der Waals surface area contributed by atoms with E-state index in [1.54, 1.807) is 18.2 Å². The first kappa shape index (κ1) is 16.3. The Kier molecular flexibility index (Phi) is 4.66. The third kappa shape index (κ3) is 3.65. The van der Waals surface area contributed by atoms with Gasteiger partial charge >= 0.3 is 0 Å². The summed E-state index contributed by atoms with van der Waals surface area (Å²) in [6.07, 6.45) is 0.282. The van der Waals surface area contributed by atoms with Gasteiger partial charge in [-0.2, -0.15) is 4.99 Å². The van der Waals surface area contributed by atoms with Crippen molar-refractivity contribution < 1.29 is 4.39 Å². The maximum atomic E-state index is 13.0. The van der Waals surface area contributed by atoms with Gasteiger partial charge in [-0.1, -0.05) is 35.9 Å². The van der Waals surface area contributed by atoms with Gasteiger partial charge in [-0.05, 0) is 41.8 Å². The summed E-state index contributed by atoms with van der Waals surface area (Å²) in [5, 5.41) is 0.612. The number of hydrogen-bond acceptors (Lipinski definition) is 5. The van der Waals surface area contributed by atoms with Crippen LogP contribution in [0.3, 0.4) is 0 Å². The molecule has 1 aliphatic heterocycles. The van der Waals surface area contributed by atoms with Crippen molar-refractivity contribution in [1.29, 1.82) is 0 Å². The Labute approximate surface area is 144 Å². The molecule has 0 saturated heterocycles. The van der Waals surface area contributed by atoms with Crippen molar-refractivity contribution in [2.75, 3.05) is 6.54 Å². The predicted molar refractivity (Wildman–Crippen MR) is 94.2 cm³/mol. The van der Waals surface area contributed by atoms with E-state index >= 15 is 0 Å². The van der Waals surface area contributed by atoms with Crippen molar-refractivity contribution in [2.24, 2.45) is 21.5 Å². The van der Waals surface area contributed by atoms with Crippen molar-refractivity contribution in [3.63, 3.8) is 0 Å². The van der Waals surface area contributed by atoms with Crippen LogP contribution < -0.4 is 11.5 Å². The minimum absolute atomic E-state index is 0.135. The second-order valence-corrected chi connectivity index (χ2v) is 5.89. The van der Waals surface area contributed by atoms with Gasteiger partial charge in [0, 0.05) is 11.6 Å². The van der Waals surface area contributed by atoms with Crippen LogP contribution in [0.2, 0.25) is 5.02 Å². The van der Waals surface area contributed by atoms with Crippen LogP contribution in [-0.4, -0.2) is 23.4 Å². The lowest BCUT2D eigenvalue weighted by molar-refractivity contribution is 0.319. The van der Waals surface area contributed by atoms with E-state index in [2.05, 4.69) is 9.98 Å². The molecule has 5 nitrogen and oxygen atoms in total. The summed E-state index contributed by atoms with van der Waals surface area (Å²) in [6.45, 7) is 0.564. The molecule has 7 heteroatoms. The van der Waals surface area contributed by atoms with Crippen molar-refractivity contribution in [3.8, 4) is 0 Å². The summed E-state index contributed by atoms with van der Waals surface area (Å²) < 4.78 is 13.0. The highest BCUT2D eigenvalue weighted by Crippen LogP contribution is 2.27. The van der Waals surface area contributed by atoms with Crippen LogP contribution in [0.1, 0.15) is 17.3 Å². The van der Waals surface area contributed by atoms with Crippen LogP contribution in [0.25, 0.3) is 0 Å². The quantitative estimate of drug-likeness (QED) is 0.894. The largest absolute Gasteiger partial charge is 0.369 e. The van der Waals surface area contributed by atoms with E-state index in [9.17, 15) is 4.39 Å². The van der Waals surface area contributed by atoms with Crippen LogP contribution in [-0.2, 0) is 6.42 Å². The Morgan fingerprint density at radius 1 is 1.12 bits per heavy atom. The molecule has 1 aliphatic rings. The molecule has 0 aliphatic carbocycles. The Balaban J connectivity index is 1.82. The van der Waals surface area contributed by atoms with Gasteiger partial charge in [0.05, 0.1) is 0 Å². The number of nitrogens with two attached hydrogens (primary N) is 2. The summed E-state index contributed by atoms with van der Waals surface area (Å²) in [6, 6.07) is 13.8. The highest BCUT2D eigenvalue weighted by molar-refractivity contribution is 6.30. The lowest BCUT2D eigenvalue weighted by Gasteiger charge is -2.32. The van der Waals surface area contributed by atoms with Crippen LogP contribution in [0, 0.1) is 5.82 Å². The summed E-state index contributed by atoms with van der Waals surface area (Å²) in [5.41, 5.74) is 13.7. The molecular weight excluding hydrogens is 329 g/mol. The zero-order chi connectivity index (χ0) is 17.1. The number of hydrogen-bond donors (Lipinski definition) is 2. The van der Waals surface area contributed by atoms with Crippen LogP contribution in [0.15, 0.2) is 58.5 Å². The molecule has 0 radical (unpaired) electrons. The van der Waals surface area contributed by atoms with Gasteiger partial charge < -0.3 is 16.4 Å². The molecule has 1 heterocycles. The second-order valence-electron chi connectivity index (χ2n) is 5.46. The SMILES string of the molecule is NC1=N[C@@H](c2cccc(Cl)c2)N(CCc2ccc(F)cc2)C(N)=N1. The maximum Gasteiger partial charge on any atom is 0.220 e. The van der Waals surface area contributed by atoms with Crippen molar-refractivity contribution in [2.45, 2.75) is 12.6 Å². The highest BCUT2D eigenvalue weighted by Gasteiger charge is 2.25.